The van der Waals surface area contributed by atoms with E-state index >= 15 is 0 Å². The van der Waals surface area contributed by atoms with Crippen LogP contribution in [0.5, 0.6) is 0 Å². The van der Waals surface area contributed by atoms with Gasteiger partial charge in [-0.1, -0.05) is 13.8 Å². The van der Waals surface area contributed by atoms with Crippen LogP contribution in [-0.4, -0.2) is 43.9 Å². The van der Waals surface area contributed by atoms with Crippen LogP contribution in [-0.2, 0) is 12.5 Å². The summed E-state index contributed by atoms with van der Waals surface area (Å²) in [6.07, 6.45) is 7.87. The molecule has 25 heavy (non-hydrogen) atoms. The lowest BCUT2D eigenvalue weighted by molar-refractivity contribution is -0.154. The van der Waals surface area contributed by atoms with Crippen molar-refractivity contribution in [3.8, 4) is 0 Å². The topological polar surface area (TPSA) is 58.4 Å². The van der Waals surface area contributed by atoms with Gasteiger partial charge < -0.3 is 10.0 Å². The average molecular weight is 343 g/mol. The number of aromatic nitrogens is 2. The molecule has 2 heterocycles. The van der Waals surface area contributed by atoms with E-state index in [1.165, 1.54) is 12.8 Å². The number of carbonyl (C=O) groups excluding carboxylic acids is 1. The third kappa shape index (κ3) is 2.17. The molecule has 1 amide bonds. The van der Waals surface area contributed by atoms with Crippen molar-refractivity contribution >= 4 is 5.91 Å². The van der Waals surface area contributed by atoms with Crippen molar-refractivity contribution in [2.75, 3.05) is 6.54 Å². The zero-order valence-corrected chi connectivity index (χ0v) is 15.5. The molecule has 4 fully saturated rings. The van der Waals surface area contributed by atoms with Gasteiger partial charge in [0.2, 0.25) is 0 Å². The molecular weight excluding hydrogens is 314 g/mol. The molecule has 0 spiro atoms. The van der Waals surface area contributed by atoms with E-state index in [4.69, 9.17) is 0 Å². The second-order valence-corrected chi connectivity index (χ2v) is 9.85. The molecule has 136 valence electrons. The highest BCUT2D eigenvalue weighted by atomic mass is 16.3. The Hall–Kier alpha value is -1.36. The summed E-state index contributed by atoms with van der Waals surface area (Å²) < 4.78 is 1.89. The fourth-order valence-electron chi connectivity index (χ4n) is 6.92. The van der Waals surface area contributed by atoms with Gasteiger partial charge in [0.05, 0.1) is 23.1 Å². The molecule has 0 saturated heterocycles. The number of nitrogens with zero attached hydrogens (tertiary/aromatic N) is 3. The van der Waals surface area contributed by atoms with Gasteiger partial charge in [-0.25, -0.2) is 0 Å². The van der Waals surface area contributed by atoms with Crippen LogP contribution >= 0.6 is 0 Å². The number of fused-ring (bicyclic) bond motifs is 1. The third-order valence-corrected chi connectivity index (χ3v) is 7.60. The summed E-state index contributed by atoms with van der Waals surface area (Å²) in [5.74, 6) is 1.78. The van der Waals surface area contributed by atoms with E-state index in [1.54, 1.807) is 6.20 Å². The van der Waals surface area contributed by atoms with E-state index in [-0.39, 0.29) is 11.3 Å². The smallest absolute Gasteiger partial charge is 0.257 e. The lowest BCUT2D eigenvalue weighted by Crippen LogP contribution is -2.62. The van der Waals surface area contributed by atoms with Crippen LogP contribution in [0.25, 0.3) is 0 Å². The first kappa shape index (κ1) is 15.9. The standard InChI is InChI=1S/C20H29N3O2/c1-19(2)4-5-23(18(24)15-11-21-22(3)17(15)19)16-13-6-12-7-14(16)10-20(25,8-12)9-13/h11-14,16,25H,4-10H2,1-3H3/t12?,13-,14+,16?,20?. The molecule has 5 aliphatic rings. The minimum atomic E-state index is -0.444. The normalized spacial score (nSPS) is 41.8. The Morgan fingerprint density at radius 2 is 1.88 bits per heavy atom. The van der Waals surface area contributed by atoms with Gasteiger partial charge in [-0.3, -0.25) is 9.48 Å². The number of aryl methyl sites for hydroxylation is 1. The van der Waals surface area contributed by atoms with Crippen LogP contribution in [0.2, 0.25) is 0 Å². The molecule has 1 aromatic heterocycles. The summed E-state index contributed by atoms with van der Waals surface area (Å²) >= 11 is 0. The first-order valence-corrected chi connectivity index (χ1v) is 9.83. The predicted molar refractivity (Wildman–Crippen MR) is 94.2 cm³/mol. The first-order chi connectivity index (χ1) is 11.8. The Kier molecular flexibility index (Phi) is 3.09. The summed E-state index contributed by atoms with van der Waals surface area (Å²) in [6, 6.07) is 0.311. The predicted octanol–water partition coefficient (Wildman–Crippen LogP) is 2.48. The Balaban J connectivity index is 1.52. The summed E-state index contributed by atoms with van der Waals surface area (Å²) in [5.41, 5.74) is 1.37. The number of amides is 1. The fraction of sp³-hybridized carbons (Fsp3) is 0.800. The van der Waals surface area contributed by atoms with Crippen LogP contribution in [0, 0.1) is 17.8 Å². The zero-order valence-electron chi connectivity index (χ0n) is 15.5. The summed E-state index contributed by atoms with van der Waals surface area (Å²) in [5, 5.41) is 15.3. The highest BCUT2D eigenvalue weighted by molar-refractivity contribution is 5.96. The summed E-state index contributed by atoms with van der Waals surface area (Å²) in [7, 11) is 1.95. The largest absolute Gasteiger partial charge is 0.390 e. The number of hydrogen-bond acceptors (Lipinski definition) is 3. The molecule has 4 saturated carbocycles. The van der Waals surface area contributed by atoms with Gasteiger partial charge >= 0.3 is 0 Å². The molecule has 0 radical (unpaired) electrons. The molecule has 5 atom stereocenters. The minimum Gasteiger partial charge on any atom is -0.390 e. The maximum atomic E-state index is 13.5. The minimum absolute atomic E-state index is 0.0465. The molecule has 1 aromatic rings. The highest BCUT2D eigenvalue weighted by Crippen LogP contribution is 2.57. The number of hydrogen-bond donors (Lipinski definition) is 1. The molecule has 1 aliphatic heterocycles. The van der Waals surface area contributed by atoms with Crippen LogP contribution in [0.4, 0.5) is 0 Å². The van der Waals surface area contributed by atoms with Crippen molar-refractivity contribution in [2.24, 2.45) is 24.8 Å². The van der Waals surface area contributed by atoms with Gasteiger partial charge in [0.1, 0.15) is 0 Å². The van der Waals surface area contributed by atoms with E-state index in [1.807, 2.05) is 11.7 Å². The Labute approximate surface area is 149 Å². The number of aliphatic hydroxyl groups is 1. The molecule has 5 nitrogen and oxygen atoms in total. The Morgan fingerprint density at radius 3 is 2.52 bits per heavy atom. The SMILES string of the molecule is Cn1ncc2c1C(C)(C)CCN(C1[C@@H]3CC4C[C@H]1CC(O)(C4)C3)C2=O. The van der Waals surface area contributed by atoms with Crippen molar-refractivity contribution in [3.05, 3.63) is 17.5 Å². The summed E-state index contributed by atoms with van der Waals surface area (Å²) in [6.45, 7) is 5.27. The van der Waals surface area contributed by atoms with E-state index in [9.17, 15) is 9.90 Å². The van der Waals surface area contributed by atoms with Gasteiger partial charge in [0.25, 0.3) is 5.91 Å². The van der Waals surface area contributed by atoms with Crippen LogP contribution in [0.15, 0.2) is 6.20 Å². The molecule has 1 N–H and O–H groups in total. The summed E-state index contributed by atoms with van der Waals surface area (Å²) in [4.78, 5) is 15.6. The van der Waals surface area contributed by atoms with E-state index in [2.05, 4.69) is 23.8 Å². The maximum absolute atomic E-state index is 13.5. The van der Waals surface area contributed by atoms with Gasteiger partial charge in [0, 0.05) is 25.0 Å². The quantitative estimate of drug-likeness (QED) is 0.852. The molecule has 4 bridgehead atoms. The van der Waals surface area contributed by atoms with Crippen molar-refractivity contribution in [1.29, 1.82) is 0 Å². The molecule has 5 heteroatoms. The van der Waals surface area contributed by atoms with Crippen molar-refractivity contribution < 1.29 is 9.90 Å². The van der Waals surface area contributed by atoms with E-state index in [0.717, 1.165) is 43.5 Å². The van der Waals surface area contributed by atoms with Gasteiger partial charge in [-0.15, -0.1) is 0 Å². The second-order valence-electron chi connectivity index (χ2n) is 9.85. The van der Waals surface area contributed by atoms with Crippen LogP contribution < -0.4 is 0 Å². The average Bonchev–Trinajstić information content (AvgIpc) is 2.86. The van der Waals surface area contributed by atoms with E-state index in [0.29, 0.717) is 23.8 Å². The lowest BCUT2D eigenvalue weighted by atomic mass is 9.52. The van der Waals surface area contributed by atoms with Crippen molar-refractivity contribution in [1.82, 2.24) is 14.7 Å². The first-order valence-electron chi connectivity index (χ1n) is 9.83. The molecule has 4 aliphatic carbocycles. The highest BCUT2D eigenvalue weighted by Gasteiger charge is 2.57. The van der Waals surface area contributed by atoms with E-state index < -0.39 is 5.60 Å². The second kappa shape index (κ2) is 4.87. The molecule has 0 aromatic carbocycles. The maximum Gasteiger partial charge on any atom is 0.257 e. The lowest BCUT2D eigenvalue weighted by Gasteiger charge is -2.60. The molecule has 6 rings (SSSR count). The fourth-order valence-corrected chi connectivity index (χ4v) is 6.92. The molecular formula is C20H29N3O2. The van der Waals surface area contributed by atoms with Crippen molar-refractivity contribution in [2.45, 2.75) is 69.4 Å². The third-order valence-electron chi connectivity index (χ3n) is 7.60. The monoisotopic (exact) mass is 343 g/mol. The van der Waals surface area contributed by atoms with Crippen LogP contribution in [0.3, 0.4) is 0 Å². The molecule has 3 unspecified atom stereocenters. The Morgan fingerprint density at radius 1 is 1.20 bits per heavy atom. The van der Waals surface area contributed by atoms with Gasteiger partial charge in [0.15, 0.2) is 0 Å². The zero-order chi connectivity index (χ0) is 17.6. The number of rotatable bonds is 1. The van der Waals surface area contributed by atoms with Gasteiger partial charge in [-0.2, -0.15) is 5.10 Å². The number of carbonyl (C=O) groups is 1. The van der Waals surface area contributed by atoms with Crippen LogP contribution in [0.1, 0.15) is 68.4 Å². The Bertz CT molecular complexity index is 721. The van der Waals surface area contributed by atoms with Crippen molar-refractivity contribution in [3.63, 3.8) is 0 Å². The van der Waals surface area contributed by atoms with Gasteiger partial charge in [-0.05, 0) is 56.3 Å².